The molecule has 6 nitrogen and oxygen atoms in total. The molecule has 0 aliphatic heterocycles. The number of oxime groups is 1. The van der Waals surface area contributed by atoms with Gasteiger partial charge in [-0.25, -0.2) is 4.79 Å². The molecule has 7 heteroatoms. The summed E-state index contributed by atoms with van der Waals surface area (Å²) in [7, 11) is 0. The lowest BCUT2D eigenvalue weighted by atomic mass is 9.94. The van der Waals surface area contributed by atoms with Crippen LogP contribution in [0.3, 0.4) is 0 Å². The summed E-state index contributed by atoms with van der Waals surface area (Å²) in [6, 6.07) is 0. The lowest BCUT2D eigenvalue weighted by molar-refractivity contribution is -0.114. The van der Waals surface area contributed by atoms with Gasteiger partial charge < -0.3 is 15.3 Å². The highest BCUT2D eigenvalue weighted by molar-refractivity contribution is 7.19. The summed E-state index contributed by atoms with van der Waals surface area (Å²) in [5.74, 6) is -0.704. The van der Waals surface area contributed by atoms with Crippen LogP contribution < -0.4 is 5.32 Å². The molecule has 1 aromatic rings. The van der Waals surface area contributed by atoms with Gasteiger partial charge in [0.1, 0.15) is 5.00 Å². The van der Waals surface area contributed by atoms with Gasteiger partial charge in [0, 0.05) is 6.92 Å². The number of rotatable bonds is 3. The highest BCUT2D eigenvalue weighted by Gasteiger charge is 2.29. The number of anilines is 1. The van der Waals surface area contributed by atoms with Crippen LogP contribution in [0.2, 0.25) is 0 Å². The highest BCUT2D eigenvalue weighted by Crippen LogP contribution is 2.38. The van der Waals surface area contributed by atoms with Crippen molar-refractivity contribution >= 4 is 33.9 Å². The molecule has 1 amide bonds. The number of ether oxygens (including phenoxy) is 1. The van der Waals surface area contributed by atoms with Crippen LogP contribution in [0, 0.1) is 0 Å². The molecule has 20 heavy (non-hydrogen) atoms. The fraction of sp³-hybridized carbons (Fsp3) is 0.462. The molecular formula is C13H16N2O4S. The van der Waals surface area contributed by atoms with Crippen molar-refractivity contribution in [1.82, 2.24) is 0 Å². The van der Waals surface area contributed by atoms with E-state index in [1.807, 2.05) is 0 Å². The summed E-state index contributed by atoms with van der Waals surface area (Å²) in [5, 5.41) is 15.5. The number of hydrogen-bond donors (Lipinski definition) is 2. The summed E-state index contributed by atoms with van der Waals surface area (Å²) >= 11 is 1.25. The molecule has 108 valence electrons. The van der Waals surface area contributed by atoms with Gasteiger partial charge in [-0.1, -0.05) is 5.16 Å². The van der Waals surface area contributed by atoms with E-state index in [1.165, 1.54) is 18.3 Å². The van der Waals surface area contributed by atoms with E-state index in [1.54, 1.807) is 6.92 Å². The number of nitrogens with zero attached hydrogens (tertiary/aromatic N) is 1. The minimum Gasteiger partial charge on any atom is -0.462 e. The van der Waals surface area contributed by atoms with Crippen molar-refractivity contribution in [2.75, 3.05) is 11.9 Å². The van der Waals surface area contributed by atoms with Crippen molar-refractivity contribution in [2.45, 2.75) is 33.1 Å². The summed E-state index contributed by atoms with van der Waals surface area (Å²) in [5.41, 5.74) is 1.75. The molecule has 1 aliphatic rings. The molecule has 0 aromatic carbocycles. The van der Waals surface area contributed by atoms with E-state index in [9.17, 15) is 9.59 Å². The molecule has 0 atom stereocenters. The van der Waals surface area contributed by atoms with Crippen molar-refractivity contribution in [3.63, 3.8) is 0 Å². The zero-order valence-corrected chi connectivity index (χ0v) is 12.2. The third-order valence-corrected chi connectivity index (χ3v) is 4.20. The van der Waals surface area contributed by atoms with E-state index in [-0.39, 0.29) is 12.5 Å². The van der Waals surface area contributed by atoms with E-state index in [2.05, 4.69) is 10.5 Å². The molecule has 0 saturated carbocycles. The van der Waals surface area contributed by atoms with Gasteiger partial charge >= 0.3 is 5.97 Å². The minimum atomic E-state index is -0.451. The van der Waals surface area contributed by atoms with E-state index in [4.69, 9.17) is 9.94 Å². The van der Waals surface area contributed by atoms with E-state index >= 15 is 0 Å². The smallest absolute Gasteiger partial charge is 0.341 e. The molecule has 0 spiro atoms. The fourth-order valence-electron chi connectivity index (χ4n) is 2.25. The number of hydrogen-bond acceptors (Lipinski definition) is 6. The van der Waals surface area contributed by atoms with E-state index in [0.717, 1.165) is 16.9 Å². The molecule has 0 radical (unpaired) electrons. The normalized spacial score (nSPS) is 15.8. The van der Waals surface area contributed by atoms with Crippen LogP contribution in [-0.2, 0) is 16.0 Å². The van der Waals surface area contributed by atoms with Crippen LogP contribution in [0.15, 0.2) is 5.16 Å². The number of carbonyl (C=O) groups is 2. The quantitative estimate of drug-likeness (QED) is 0.509. The predicted octanol–water partition coefficient (Wildman–Crippen LogP) is 2.40. The van der Waals surface area contributed by atoms with Crippen LogP contribution in [-0.4, -0.2) is 29.4 Å². The molecule has 1 heterocycles. The van der Waals surface area contributed by atoms with Gasteiger partial charge in [-0.05, 0) is 31.7 Å². The average Bonchev–Trinajstić information content (AvgIpc) is 2.75. The second-order valence-corrected chi connectivity index (χ2v) is 5.44. The standard InChI is InChI=1S/C13H16N2O4S/c1-3-19-13(17)10-8-5-4-6-9(15-18)11(8)20-12(10)14-7(2)16/h18H,3-6H2,1-2H3,(H,14,16)/b15-9-. The molecule has 2 rings (SSSR count). The maximum Gasteiger partial charge on any atom is 0.341 e. The average molecular weight is 296 g/mol. The predicted molar refractivity (Wildman–Crippen MR) is 75.8 cm³/mol. The van der Waals surface area contributed by atoms with Gasteiger partial charge in [-0.2, -0.15) is 0 Å². The number of thiophene rings is 1. The maximum atomic E-state index is 12.1. The number of esters is 1. The Morgan fingerprint density at radius 1 is 1.45 bits per heavy atom. The molecule has 0 bridgehead atoms. The molecule has 1 aromatic heterocycles. The van der Waals surface area contributed by atoms with Crippen molar-refractivity contribution < 1.29 is 19.5 Å². The molecule has 0 fully saturated rings. The zero-order valence-electron chi connectivity index (χ0n) is 11.4. The van der Waals surface area contributed by atoms with Gasteiger partial charge in [0.15, 0.2) is 0 Å². The van der Waals surface area contributed by atoms with Gasteiger partial charge in [0.05, 0.1) is 22.8 Å². The van der Waals surface area contributed by atoms with Crippen LogP contribution >= 0.6 is 11.3 Å². The van der Waals surface area contributed by atoms with Gasteiger partial charge in [-0.3, -0.25) is 4.79 Å². The Kier molecular flexibility index (Phi) is 4.39. The van der Waals surface area contributed by atoms with Crippen LogP contribution in [0.1, 0.15) is 47.5 Å². The Labute approximate surface area is 120 Å². The first-order valence-electron chi connectivity index (χ1n) is 6.40. The van der Waals surface area contributed by atoms with Crippen LogP contribution in [0.25, 0.3) is 0 Å². The summed E-state index contributed by atoms with van der Waals surface area (Å²) < 4.78 is 5.06. The number of carbonyl (C=O) groups excluding carboxylic acids is 2. The van der Waals surface area contributed by atoms with E-state index in [0.29, 0.717) is 29.1 Å². The van der Waals surface area contributed by atoms with Crippen LogP contribution in [0.5, 0.6) is 0 Å². The number of nitrogens with one attached hydrogen (secondary N) is 1. The van der Waals surface area contributed by atoms with Gasteiger partial charge in [0.2, 0.25) is 5.91 Å². The Morgan fingerprint density at radius 3 is 2.80 bits per heavy atom. The maximum absolute atomic E-state index is 12.1. The second kappa shape index (κ2) is 6.04. The van der Waals surface area contributed by atoms with Crippen molar-refractivity contribution in [2.24, 2.45) is 5.16 Å². The second-order valence-electron chi connectivity index (χ2n) is 4.42. The van der Waals surface area contributed by atoms with Crippen molar-refractivity contribution in [3.8, 4) is 0 Å². The van der Waals surface area contributed by atoms with Crippen LogP contribution in [0.4, 0.5) is 5.00 Å². The number of amides is 1. The van der Waals surface area contributed by atoms with Gasteiger partial charge in [-0.15, -0.1) is 11.3 Å². The highest BCUT2D eigenvalue weighted by atomic mass is 32.1. The minimum absolute atomic E-state index is 0.253. The van der Waals surface area contributed by atoms with Crippen molar-refractivity contribution in [3.05, 3.63) is 16.0 Å². The first kappa shape index (κ1) is 14.5. The summed E-state index contributed by atoms with van der Waals surface area (Å²) in [6.07, 6.45) is 2.17. The molecular weight excluding hydrogens is 280 g/mol. The van der Waals surface area contributed by atoms with Crippen molar-refractivity contribution in [1.29, 1.82) is 0 Å². The third kappa shape index (κ3) is 2.67. The van der Waals surface area contributed by atoms with E-state index < -0.39 is 5.97 Å². The number of fused-ring (bicyclic) bond motifs is 1. The molecule has 0 saturated heterocycles. The first-order chi connectivity index (χ1) is 9.58. The third-order valence-electron chi connectivity index (χ3n) is 3.00. The Bertz CT molecular complexity index is 577. The molecule has 2 N–H and O–H groups in total. The Balaban J connectivity index is 2.53. The lowest BCUT2D eigenvalue weighted by Crippen LogP contribution is -2.15. The summed E-state index contributed by atoms with van der Waals surface area (Å²) in [4.78, 5) is 24.1. The first-order valence-corrected chi connectivity index (χ1v) is 7.21. The summed E-state index contributed by atoms with van der Waals surface area (Å²) in [6.45, 7) is 3.38. The molecule has 0 unspecified atom stereocenters. The zero-order chi connectivity index (χ0) is 14.7. The fourth-order valence-corrected chi connectivity index (χ4v) is 3.54. The van der Waals surface area contributed by atoms with Gasteiger partial charge in [0.25, 0.3) is 0 Å². The monoisotopic (exact) mass is 296 g/mol. The lowest BCUT2D eigenvalue weighted by Gasteiger charge is -2.13. The Hall–Kier alpha value is -1.89. The Morgan fingerprint density at radius 2 is 2.20 bits per heavy atom. The SMILES string of the molecule is CCOC(=O)c1c(NC(C)=O)sc2c1CCC/C2=N/O. The topological polar surface area (TPSA) is 88.0 Å². The largest absolute Gasteiger partial charge is 0.462 e. The molecule has 1 aliphatic carbocycles.